The highest BCUT2D eigenvalue weighted by Crippen LogP contribution is 2.33. The summed E-state index contributed by atoms with van der Waals surface area (Å²) in [6.45, 7) is 5.16. The summed E-state index contributed by atoms with van der Waals surface area (Å²) in [7, 11) is 0. The number of carbonyl (C=O) groups is 2. The molecule has 1 aliphatic carbocycles. The number of alkyl carbamates (subject to hydrolysis) is 1. The third-order valence-corrected chi connectivity index (χ3v) is 2.15. The number of hydrogen-bond donors (Lipinski definition) is 1. The van der Waals surface area contributed by atoms with Crippen LogP contribution in [0, 0.1) is 0 Å². The van der Waals surface area contributed by atoms with E-state index in [4.69, 9.17) is 4.74 Å². The number of halogens is 1. The minimum atomic E-state index is -1.05. The molecule has 0 spiro atoms. The molecule has 1 rings (SSSR count). The van der Waals surface area contributed by atoms with Crippen molar-refractivity contribution in [3.05, 3.63) is 0 Å². The number of rotatable bonds is 2. The fourth-order valence-corrected chi connectivity index (χ4v) is 1.47. The lowest BCUT2D eigenvalue weighted by Crippen LogP contribution is -2.60. The van der Waals surface area contributed by atoms with E-state index in [1.165, 1.54) is 0 Å². The van der Waals surface area contributed by atoms with Crippen LogP contribution in [-0.2, 0) is 9.53 Å². The van der Waals surface area contributed by atoms with Gasteiger partial charge in [-0.05, 0) is 20.8 Å². The highest BCUT2D eigenvalue weighted by Gasteiger charge is 2.46. The normalized spacial score (nSPS) is 30.3. The average molecular weight is 217 g/mol. The molecule has 0 bridgehead atoms. The molecule has 86 valence electrons. The van der Waals surface area contributed by atoms with Gasteiger partial charge in [0, 0.05) is 12.8 Å². The topological polar surface area (TPSA) is 55.4 Å². The number of aldehydes is 1. The third-order valence-electron chi connectivity index (χ3n) is 2.15. The summed E-state index contributed by atoms with van der Waals surface area (Å²) >= 11 is 0. The Hall–Kier alpha value is -1.13. The average Bonchev–Trinajstić information content (AvgIpc) is 1.97. The number of ether oxygens (including phenoxy) is 1. The van der Waals surface area contributed by atoms with E-state index in [0.717, 1.165) is 0 Å². The fourth-order valence-electron chi connectivity index (χ4n) is 1.47. The van der Waals surface area contributed by atoms with Gasteiger partial charge in [0.15, 0.2) is 0 Å². The molecule has 0 saturated heterocycles. The minimum Gasteiger partial charge on any atom is -0.444 e. The first-order valence-electron chi connectivity index (χ1n) is 4.88. The Bertz CT molecular complexity index is 266. The van der Waals surface area contributed by atoms with E-state index in [9.17, 15) is 14.0 Å². The van der Waals surface area contributed by atoms with E-state index in [0.29, 0.717) is 6.29 Å². The number of amides is 1. The van der Waals surface area contributed by atoms with Crippen LogP contribution >= 0.6 is 0 Å². The molecule has 0 radical (unpaired) electrons. The molecular formula is C10H16FNO3. The first-order chi connectivity index (χ1) is 6.76. The Morgan fingerprint density at radius 3 is 2.40 bits per heavy atom. The Balaban J connectivity index is 2.47. The second-order valence-corrected chi connectivity index (χ2v) is 4.91. The van der Waals surface area contributed by atoms with E-state index in [1.807, 2.05) is 0 Å². The van der Waals surface area contributed by atoms with Crippen LogP contribution in [0.3, 0.4) is 0 Å². The summed E-state index contributed by atoms with van der Waals surface area (Å²) in [5, 5.41) is 2.40. The quantitative estimate of drug-likeness (QED) is 0.714. The predicted octanol–water partition coefficient (Wildman–Crippen LogP) is 1.58. The first kappa shape index (κ1) is 11.9. The van der Waals surface area contributed by atoms with Crippen molar-refractivity contribution >= 4 is 12.4 Å². The van der Waals surface area contributed by atoms with Crippen LogP contribution in [0.4, 0.5) is 9.18 Å². The predicted molar refractivity (Wildman–Crippen MR) is 52.3 cm³/mol. The molecule has 0 atom stereocenters. The second kappa shape index (κ2) is 3.79. The van der Waals surface area contributed by atoms with Crippen LogP contribution in [0.15, 0.2) is 0 Å². The maximum Gasteiger partial charge on any atom is 0.408 e. The second-order valence-electron chi connectivity index (χ2n) is 4.91. The van der Waals surface area contributed by atoms with E-state index in [2.05, 4.69) is 5.32 Å². The monoisotopic (exact) mass is 217 g/mol. The van der Waals surface area contributed by atoms with Crippen molar-refractivity contribution in [3.63, 3.8) is 0 Å². The Morgan fingerprint density at radius 2 is 2.07 bits per heavy atom. The maximum absolute atomic E-state index is 12.6. The summed E-state index contributed by atoms with van der Waals surface area (Å²) < 4.78 is 17.6. The molecule has 0 heterocycles. The van der Waals surface area contributed by atoms with Gasteiger partial charge in [0.2, 0.25) is 0 Å². The number of nitrogens with one attached hydrogen (secondary N) is 1. The van der Waals surface area contributed by atoms with Gasteiger partial charge in [-0.15, -0.1) is 0 Å². The standard InChI is InChI=1S/C10H16FNO3/c1-9(2,3)15-8(14)12-10(6-13)4-7(11)5-10/h6-7H,4-5H2,1-3H3,(H,12,14)/t7-,10-. The van der Waals surface area contributed by atoms with Gasteiger partial charge >= 0.3 is 6.09 Å². The zero-order valence-electron chi connectivity index (χ0n) is 9.17. The zero-order chi connectivity index (χ0) is 11.7. The van der Waals surface area contributed by atoms with Crippen molar-refractivity contribution in [1.82, 2.24) is 5.32 Å². The van der Waals surface area contributed by atoms with Crippen molar-refractivity contribution in [1.29, 1.82) is 0 Å². The van der Waals surface area contributed by atoms with Gasteiger partial charge in [0.05, 0.1) is 0 Å². The van der Waals surface area contributed by atoms with Crippen molar-refractivity contribution in [2.45, 2.75) is 50.9 Å². The largest absolute Gasteiger partial charge is 0.444 e. The van der Waals surface area contributed by atoms with Gasteiger partial charge in [0.25, 0.3) is 0 Å². The summed E-state index contributed by atoms with van der Waals surface area (Å²) in [6, 6.07) is 0. The molecule has 5 heteroatoms. The molecule has 1 amide bonds. The van der Waals surface area contributed by atoms with Crippen LogP contribution in [0.25, 0.3) is 0 Å². The molecule has 1 fully saturated rings. The molecule has 4 nitrogen and oxygen atoms in total. The van der Waals surface area contributed by atoms with Crippen molar-refractivity contribution < 1.29 is 18.7 Å². The minimum absolute atomic E-state index is 0.0374. The molecule has 1 aliphatic rings. The summed E-state index contributed by atoms with van der Waals surface area (Å²) in [6.07, 6.45) is -1.04. The maximum atomic E-state index is 12.6. The number of hydrogen-bond acceptors (Lipinski definition) is 3. The summed E-state index contributed by atoms with van der Waals surface area (Å²) in [5.74, 6) is 0. The van der Waals surface area contributed by atoms with Crippen LogP contribution in [0.1, 0.15) is 33.6 Å². The lowest BCUT2D eigenvalue weighted by Gasteiger charge is -2.40. The van der Waals surface area contributed by atoms with Crippen molar-refractivity contribution in [2.75, 3.05) is 0 Å². The summed E-state index contributed by atoms with van der Waals surface area (Å²) in [5.41, 5.74) is -1.67. The lowest BCUT2D eigenvalue weighted by atomic mass is 9.76. The summed E-state index contributed by atoms with van der Waals surface area (Å²) in [4.78, 5) is 22.0. The molecule has 0 aromatic carbocycles. The molecule has 0 unspecified atom stereocenters. The highest BCUT2D eigenvalue weighted by atomic mass is 19.1. The van der Waals surface area contributed by atoms with E-state index in [-0.39, 0.29) is 12.8 Å². The molecule has 15 heavy (non-hydrogen) atoms. The van der Waals surface area contributed by atoms with Crippen LogP contribution in [-0.4, -0.2) is 29.7 Å². The molecule has 0 aromatic heterocycles. The van der Waals surface area contributed by atoms with E-state index < -0.39 is 23.4 Å². The van der Waals surface area contributed by atoms with Crippen LogP contribution in [0.5, 0.6) is 0 Å². The number of alkyl halides is 1. The van der Waals surface area contributed by atoms with E-state index in [1.54, 1.807) is 20.8 Å². The molecule has 0 aliphatic heterocycles. The van der Waals surface area contributed by atoms with Crippen LogP contribution < -0.4 is 5.32 Å². The lowest BCUT2D eigenvalue weighted by molar-refractivity contribution is -0.119. The third kappa shape index (κ3) is 3.18. The molecular weight excluding hydrogens is 201 g/mol. The highest BCUT2D eigenvalue weighted by molar-refractivity contribution is 5.77. The van der Waals surface area contributed by atoms with Gasteiger partial charge in [0.1, 0.15) is 23.6 Å². The molecule has 0 aromatic rings. The smallest absolute Gasteiger partial charge is 0.408 e. The number of carbonyl (C=O) groups excluding carboxylic acids is 2. The molecule has 1 saturated carbocycles. The fraction of sp³-hybridized carbons (Fsp3) is 0.800. The van der Waals surface area contributed by atoms with Gasteiger partial charge in [-0.2, -0.15) is 0 Å². The molecule has 1 N–H and O–H groups in total. The van der Waals surface area contributed by atoms with Crippen molar-refractivity contribution in [2.24, 2.45) is 0 Å². The first-order valence-corrected chi connectivity index (χ1v) is 4.88. The van der Waals surface area contributed by atoms with Gasteiger partial charge < -0.3 is 14.8 Å². The Kier molecular flexibility index (Phi) is 3.02. The zero-order valence-corrected chi connectivity index (χ0v) is 9.17. The van der Waals surface area contributed by atoms with Crippen LogP contribution in [0.2, 0.25) is 0 Å². The van der Waals surface area contributed by atoms with Crippen molar-refractivity contribution in [3.8, 4) is 0 Å². The SMILES string of the molecule is CC(C)(C)OC(=O)N[C@]1(C=O)C[C@@H](F)C1. The Labute approximate surface area is 88.2 Å². The van der Waals surface area contributed by atoms with Gasteiger partial charge in [-0.3, -0.25) is 0 Å². The Morgan fingerprint density at radius 1 is 1.53 bits per heavy atom. The van der Waals surface area contributed by atoms with E-state index >= 15 is 0 Å². The van der Waals surface area contributed by atoms with Gasteiger partial charge in [-0.25, -0.2) is 9.18 Å². The van der Waals surface area contributed by atoms with Gasteiger partial charge in [-0.1, -0.05) is 0 Å².